The van der Waals surface area contributed by atoms with Crippen molar-refractivity contribution in [2.75, 3.05) is 20.8 Å². The largest absolute Gasteiger partial charge is 0.493 e. The van der Waals surface area contributed by atoms with Crippen LogP contribution in [0.1, 0.15) is 18.1 Å². The minimum Gasteiger partial charge on any atom is -0.493 e. The molecule has 0 aliphatic carbocycles. The van der Waals surface area contributed by atoms with Gasteiger partial charge in [-0.25, -0.2) is 0 Å². The highest BCUT2D eigenvalue weighted by atomic mass is 35.5. The van der Waals surface area contributed by atoms with Crippen molar-refractivity contribution in [3.05, 3.63) is 58.6 Å². The lowest BCUT2D eigenvalue weighted by Crippen LogP contribution is -2.35. The van der Waals surface area contributed by atoms with Gasteiger partial charge in [0.25, 0.3) is 0 Å². The Hall–Kier alpha value is -1.75. The Kier molecular flexibility index (Phi) is 5.88. The van der Waals surface area contributed by atoms with E-state index in [0.717, 1.165) is 11.1 Å². The highest BCUT2D eigenvalue weighted by molar-refractivity contribution is 6.33. The van der Waals surface area contributed by atoms with E-state index in [1.807, 2.05) is 42.5 Å². The molecule has 0 amide bonds. The lowest BCUT2D eigenvalue weighted by Gasteiger charge is -2.24. The Morgan fingerprint density at radius 1 is 1.09 bits per heavy atom. The van der Waals surface area contributed by atoms with E-state index >= 15 is 0 Å². The monoisotopic (exact) mass is 335 g/mol. The third kappa shape index (κ3) is 4.16. The van der Waals surface area contributed by atoms with Crippen molar-refractivity contribution in [2.24, 2.45) is 0 Å². The molecule has 0 aromatic heterocycles. The highest BCUT2D eigenvalue weighted by Gasteiger charge is 2.22. The van der Waals surface area contributed by atoms with Crippen molar-refractivity contribution in [2.45, 2.75) is 19.1 Å². The van der Waals surface area contributed by atoms with E-state index in [-0.39, 0.29) is 0 Å². The summed E-state index contributed by atoms with van der Waals surface area (Å²) < 4.78 is 10.5. The first-order chi connectivity index (χ1) is 11.0. The number of aliphatic hydroxyl groups is 1. The van der Waals surface area contributed by atoms with Crippen LogP contribution in [0.15, 0.2) is 42.5 Å². The van der Waals surface area contributed by atoms with Crippen LogP contribution in [-0.4, -0.2) is 25.9 Å². The maximum Gasteiger partial charge on any atom is 0.179 e. The average molecular weight is 336 g/mol. The Labute approximate surface area is 142 Å². The average Bonchev–Trinajstić information content (AvgIpc) is 2.56. The molecule has 0 heterocycles. The van der Waals surface area contributed by atoms with Crippen LogP contribution in [0.2, 0.25) is 5.02 Å². The van der Waals surface area contributed by atoms with Gasteiger partial charge in [-0.15, -0.1) is 0 Å². The molecule has 0 aliphatic heterocycles. The summed E-state index contributed by atoms with van der Waals surface area (Å²) in [6.07, 6.45) is 0. The van der Waals surface area contributed by atoms with E-state index in [4.69, 9.17) is 21.1 Å². The van der Waals surface area contributed by atoms with Gasteiger partial charge in [-0.1, -0.05) is 48.0 Å². The van der Waals surface area contributed by atoms with E-state index in [9.17, 15) is 5.11 Å². The lowest BCUT2D eigenvalue weighted by molar-refractivity contribution is 0.0567. The van der Waals surface area contributed by atoms with Crippen molar-refractivity contribution < 1.29 is 14.6 Å². The number of nitrogens with one attached hydrogen (secondary N) is 1. The number of rotatable bonds is 7. The first kappa shape index (κ1) is 17.6. The molecule has 4 nitrogen and oxygen atoms in total. The summed E-state index contributed by atoms with van der Waals surface area (Å²) in [5.41, 5.74) is 0.795. The molecule has 0 aliphatic rings. The zero-order valence-corrected chi connectivity index (χ0v) is 14.4. The predicted octanol–water partition coefficient (Wildman–Crippen LogP) is 3.35. The third-order valence-electron chi connectivity index (χ3n) is 3.75. The zero-order valence-electron chi connectivity index (χ0n) is 13.6. The van der Waals surface area contributed by atoms with Gasteiger partial charge in [0.15, 0.2) is 11.5 Å². The number of hydrogen-bond acceptors (Lipinski definition) is 4. The molecule has 2 aromatic rings. The summed E-state index contributed by atoms with van der Waals surface area (Å²) in [5, 5.41) is 14.3. The number of halogens is 1. The maximum absolute atomic E-state index is 10.6. The quantitative estimate of drug-likeness (QED) is 0.814. The summed E-state index contributed by atoms with van der Waals surface area (Å²) in [4.78, 5) is 0. The fourth-order valence-corrected chi connectivity index (χ4v) is 2.71. The summed E-state index contributed by atoms with van der Waals surface area (Å²) in [7, 11) is 3.13. The van der Waals surface area contributed by atoms with Gasteiger partial charge in [0.1, 0.15) is 0 Å². The molecule has 0 bridgehead atoms. The molecular weight excluding hydrogens is 314 g/mol. The minimum absolute atomic E-state index is 0.404. The van der Waals surface area contributed by atoms with Crippen molar-refractivity contribution in [1.82, 2.24) is 5.32 Å². The zero-order chi connectivity index (χ0) is 16.9. The molecule has 0 fully saturated rings. The number of hydrogen-bond donors (Lipinski definition) is 2. The summed E-state index contributed by atoms with van der Waals surface area (Å²) >= 11 is 6.35. The molecule has 124 valence electrons. The van der Waals surface area contributed by atoms with Crippen molar-refractivity contribution >= 4 is 11.6 Å². The van der Waals surface area contributed by atoms with Crippen LogP contribution in [0, 0.1) is 0 Å². The van der Waals surface area contributed by atoms with Crippen LogP contribution < -0.4 is 14.8 Å². The van der Waals surface area contributed by atoms with Gasteiger partial charge < -0.3 is 19.9 Å². The molecule has 5 heteroatoms. The Morgan fingerprint density at radius 3 is 2.39 bits per heavy atom. The smallest absolute Gasteiger partial charge is 0.179 e. The summed E-state index contributed by atoms with van der Waals surface area (Å²) in [6.45, 7) is 2.70. The van der Waals surface area contributed by atoms with E-state index in [1.54, 1.807) is 21.1 Å². The Bertz CT molecular complexity index is 644. The number of benzene rings is 2. The van der Waals surface area contributed by atoms with Gasteiger partial charge in [0.2, 0.25) is 0 Å². The molecule has 0 radical (unpaired) electrons. The van der Waals surface area contributed by atoms with E-state index in [1.165, 1.54) is 0 Å². The second-order valence-corrected chi connectivity index (χ2v) is 5.90. The van der Waals surface area contributed by atoms with Crippen LogP contribution >= 0.6 is 11.6 Å². The van der Waals surface area contributed by atoms with Gasteiger partial charge in [-0.05, 0) is 24.1 Å². The van der Waals surface area contributed by atoms with Crippen LogP contribution in [0.5, 0.6) is 11.5 Å². The van der Waals surface area contributed by atoms with Crippen LogP contribution in [0.25, 0.3) is 0 Å². The Morgan fingerprint density at radius 2 is 1.78 bits per heavy atom. The summed E-state index contributed by atoms with van der Waals surface area (Å²) in [6, 6.07) is 13.3. The molecule has 2 aromatic carbocycles. The second kappa shape index (κ2) is 7.68. The van der Waals surface area contributed by atoms with E-state index in [2.05, 4.69) is 5.32 Å². The fourth-order valence-electron chi connectivity index (χ4n) is 2.41. The highest BCUT2D eigenvalue weighted by Crippen LogP contribution is 2.37. The standard InChI is InChI=1S/C18H22ClNO3/c1-18(21,14-7-5-4-6-8-14)12-20-11-13-9-10-15(22-2)17(23-3)16(13)19/h4-10,20-21H,11-12H2,1-3H3. The first-order valence-electron chi connectivity index (χ1n) is 7.37. The SMILES string of the molecule is COc1ccc(CNCC(C)(O)c2ccccc2)c(Cl)c1OC. The van der Waals surface area contributed by atoms with Crippen molar-refractivity contribution in [1.29, 1.82) is 0 Å². The van der Waals surface area contributed by atoms with Crippen LogP contribution in [0.4, 0.5) is 0 Å². The van der Waals surface area contributed by atoms with Gasteiger partial charge in [-0.2, -0.15) is 0 Å². The minimum atomic E-state index is -0.954. The third-order valence-corrected chi connectivity index (χ3v) is 4.16. The fraction of sp³-hybridized carbons (Fsp3) is 0.333. The molecular formula is C18H22ClNO3. The molecule has 0 spiro atoms. The van der Waals surface area contributed by atoms with E-state index in [0.29, 0.717) is 29.6 Å². The molecule has 2 N–H and O–H groups in total. The van der Waals surface area contributed by atoms with Gasteiger partial charge in [0, 0.05) is 13.1 Å². The van der Waals surface area contributed by atoms with Gasteiger partial charge >= 0.3 is 0 Å². The number of methoxy groups -OCH3 is 2. The van der Waals surface area contributed by atoms with E-state index < -0.39 is 5.60 Å². The van der Waals surface area contributed by atoms with Crippen LogP contribution in [-0.2, 0) is 12.1 Å². The molecule has 23 heavy (non-hydrogen) atoms. The maximum atomic E-state index is 10.6. The normalized spacial score (nSPS) is 13.4. The first-order valence-corrected chi connectivity index (χ1v) is 7.75. The van der Waals surface area contributed by atoms with Crippen LogP contribution in [0.3, 0.4) is 0 Å². The molecule has 0 saturated carbocycles. The predicted molar refractivity (Wildman–Crippen MR) is 92.3 cm³/mol. The topological polar surface area (TPSA) is 50.7 Å². The van der Waals surface area contributed by atoms with Crippen molar-refractivity contribution in [3.63, 3.8) is 0 Å². The van der Waals surface area contributed by atoms with Gasteiger partial charge in [-0.3, -0.25) is 0 Å². The van der Waals surface area contributed by atoms with Crippen molar-refractivity contribution in [3.8, 4) is 11.5 Å². The molecule has 1 atom stereocenters. The number of ether oxygens (including phenoxy) is 2. The molecule has 0 saturated heterocycles. The summed E-state index contributed by atoms with van der Waals surface area (Å²) in [5.74, 6) is 1.11. The van der Waals surface area contributed by atoms with Gasteiger partial charge in [0.05, 0.1) is 24.8 Å². The second-order valence-electron chi connectivity index (χ2n) is 5.52. The molecule has 1 unspecified atom stereocenters. The molecule has 2 rings (SSSR count). The lowest BCUT2D eigenvalue weighted by atomic mass is 9.96. The Balaban J connectivity index is 2.04.